The third-order valence-electron chi connectivity index (χ3n) is 3.07. The zero-order valence-corrected chi connectivity index (χ0v) is 9.54. The second kappa shape index (κ2) is 3.97. The number of carbonyl (C=O) groups excluding carboxylic acids is 1. The molecule has 2 N–H and O–H groups in total. The van der Waals surface area contributed by atoms with Crippen LogP contribution in [0, 0.1) is 10.8 Å². The van der Waals surface area contributed by atoms with E-state index in [0.29, 0.717) is 18.7 Å². The van der Waals surface area contributed by atoms with Crippen molar-refractivity contribution in [2.75, 3.05) is 6.54 Å². The van der Waals surface area contributed by atoms with Crippen molar-refractivity contribution in [2.24, 2.45) is 16.6 Å². The first kappa shape index (κ1) is 12.9. The zero-order valence-electron chi connectivity index (χ0n) is 8.72. The topological polar surface area (TPSA) is 43.1 Å². The van der Waals surface area contributed by atoms with E-state index in [1.54, 1.807) is 0 Å². The number of Topliss-reactive ketones (excluding diaryl/α,β-unsaturated/α-hetero) is 1. The Balaban J connectivity index is 0.00000144. The molecule has 1 saturated carbocycles. The second-order valence-corrected chi connectivity index (χ2v) is 5.00. The highest BCUT2D eigenvalue weighted by Gasteiger charge is 2.40. The summed E-state index contributed by atoms with van der Waals surface area (Å²) >= 11 is 0. The van der Waals surface area contributed by atoms with Gasteiger partial charge in [0.15, 0.2) is 0 Å². The molecule has 0 amide bonds. The molecule has 0 aromatic rings. The minimum Gasteiger partial charge on any atom is -0.330 e. The molecule has 2 nitrogen and oxygen atoms in total. The third-order valence-corrected chi connectivity index (χ3v) is 3.07. The van der Waals surface area contributed by atoms with E-state index >= 15 is 0 Å². The fourth-order valence-electron chi connectivity index (χ4n) is 2.18. The summed E-state index contributed by atoms with van der Waals surface area (Å²) in [5.41, 5.74) is 5.74. The molecule has 1 aliphatic rings. The van der Waals surface area contributed by atoms with E-state index in [0.717, 1.165) is 12.8 Å². The Morgan fingerprint density at radius 2 is 1.92 bits per heavy atom. The maximum atomic E-state index is 11.5. The van der Waals surface area contributed by atoms with Gasteiger partial charge < -0.3 is 5.73 Å². The molecule has 0 radical (unpaired) electrons. The maximum Gasteiger partial charge on any atom is 0.138 e. The van der Waals surface area contributed by atoms with Gasteiger partial charge in [-0.15, -0.1) is 12.4 Å². The van der Waals surface area contributed by atoms with Crippen LogP contribution in [0.15, 0.2) is 0 Å². The van der Waals surface area contributed by atoms with Crippen LogP contribution in [0.25, 0.3) is 0 Å². The van der Waals surface area contributed by atoms with Gasteiger partial charge >= 0.3 is 0 Å². The lowest BCUT2D eigenvalue weighted by atomic mass is 9.64. The van der Waals surface area contributed by atoms with Crippen molar-refractivity contribution < 1.29 is 4.79 Å². The summed E-state index contributed by atoms with van der Waals surface area (Å²) in [5, 5.41) is 0. The number of ketones is 1. The lowest BCUT2D eigenvalue weighted by Gasteiger charge is -2.40. The Morgan fingerprint density at radius 1 is 1.38 bits per heavy atom. The predicted octanol–water partition coefficient (Wildman–Crippen LogP) is 2.15. The van der Waals surface area contributed by atoms with Crippen molar-refractivity contribution in [3.8, 4) is 0 Å². The standard InChI is InChI=1S/C10H19NO.ClH/c1-9(2)6-10(3,7-11)5-4-8(9)12;/h4-7,11H2,1-3H3;1H. The van der Waals surface area contributed by atoms with Gasteiger partial charge in [-0.25, -0.2) is 0 Å². The highest BCUT2D eigenvalue weighted by atomic mass is 35.5. The molecule has 1 aliphatic carbocycles. The van der Waals surface area contributed by atoms with E-state index < -0.39 is 0 Å². The van der Waals surface area contributed by atoms with Crippen molar-refractivity contribution in [1.82, 2.24) is 0 Å². The van der Waals surface area contributed by atoms with E-state index in [-0.39, 0.29) is 23.2 Å². The molecule has 13 heavy (non-hydrogen) atoms. The molecular formula is C10H20ClNO. The summed E-state index contributed by atoms with van der Waals surface area (Å²) in [6, 6.07) is 0. The van der Waals surface area contributed by atoms with Crippen LogP contribution in [0.3, 0.4) is 0 Å². The summed E-state index contributed by atoms with van der Waals surface area (Å²) in [4.78, 5) is 11.5. The molecule has 0 heterocycles. The molecule has 0 spiro atoms. The van der Waals surface area contributed by atoms with Crippen molar-refractivity contribution in [2.45, 2.75) is 40.0 Å². The van der Waals surface area contributed by atoms with Crippen molar-refractivity contribution in [3.05, 3.63) is 0 Å². The van der Waals surface area contributed by atoms with Crippen LogP contribution in [0.1, 0.15) is 40.0 Å². The van der Waals surface area contributed by atoms with Gasteiger partial charge in [-0.2, -0.15) is 0 Å². The molecule has 0 aromatic carbocycles. The maximum absolute atomic E-state index is 11.5. The largest absolute Gasteiger partial charge is 0.330 e. The average molecular weight is 206 g/mol. The van der Waals surface area contributed by atoms with E-state index in [9.17, 15) is 4.79 Å². The molecule has 1 unspecified atom stereocenters. The lowest BCUT2D eigenvalue weighted by Crippen LogP contribution is -2.41. The average Bonchev–Trinajstić information content (AvgIpc) is 1.97. The van der Waals surface area contributed by atoms with Gasteiger partial charge in [0, 0.05) is 11.8 Å². The summed E-state index contributed by atoms with van der Waals surface area (Å²) in [6.07, 6.45) is 2.61. The second-order valence-electron chi connectivity index (χ2n) is 5.00. The number of hydrogen-bond donors (Lipinski definition) is 1. The van der Waals surface area contributed by atoms with Crippen molar-refractivity contribution in [1.29, 1.82) is 0 Å². The normalized spacial score (nSPS) is 32.5. The summed E-state index contributed by atoms with van der Waals surface area (Å²) in [6.45, 7) is 6.94. The van der Waals surface area contributed by atoms with E-state index in [1.165, 1.54) is 0 Å². The van der Waals surface area contributed by atoms with Crippen LogP contribution >= 0.6 is 12.4 Å². The molecule has 0 aliphatic heterocycles. The van der Waals surface area contributed by atoms with E-state index in [4.69, 9.17) is 5.73 Å². The fourth-order valence-corrected chi connectivity index (χ4v) is 2.18. The first-order chi connectivity index (χ1) is 5.40. The number of hydrogen-bond acceptors (Lipinski definition) is 2. The molecule has 0 saturated heterocycles. The Bertz CT molecular complexity index is 203. The Labute approximate surface area is 86.7 Å². The molecule has 3 heteroatoms. The molecule has 0 aromatic heterocycles. The molecule has 1 atom stereocenters. The predicted molar refractivity (Wildman–Crippen MR) is 57.0 cm³/mol. The minimum absolute atomic E-state index is 0. The highest BCUT2D eigenvalue weighted by molar-refractivity contribution is 5.85. The molecule has 1 fully saturated rings. The molecule has 0 bridgehead atoms. The molecule has 78 valence electrons. The van der Waals surface area contributed by atoms with Crippen LogP contribution < -0.4 is 5.73 Å². The van der Waals surface area contributed by atoms with E-state index in [1.807, 2.05) is 13.8 Å². The summed E-state index contributed by atoms with van der Waals surface area (Å²) < 4.78 is 0. The summed E-state index contributed by atoms with van der Waals surface area (Å²) in [5.74, 6) is 0.397. The highest BCUT2D eigenvalue weighted by Crippen LogP contribution is 2.43. The number of nitrogens with two attached hydrogens (primary N) is 1. The summed E-state index contributed by atoms with van der Waals surface area (Å²) in [7, 11) is 0. The minimum atomic E-state index is -0.146. The van der Waals surface area contributed by atoms with Gasteiger partial charge in [-0.1, -0.05) is 20.8 Å². The number of halogens is 1. The smallest absolute Gasteiger partial charge is 0.138 e. The quantitative estimate of drug-likeness (QED) is 0.713. The number of carbonyl (C=O) groups is 1. The Kier molecular flexibility index (Phi) is 3.95. The van der Waals surface area contributed by atoms with Gasteiger partial charge in [0.05, 0.1) is 0 Å². The monoisotopic (exact) mass is 205 g/mol. The lowest BCUT2D eigenvalue weighted by molar-refractivity contribution is -0.132. The first-order valence-electron chi connectivity index (χ1n) is 4.63. The van der Waals surface area contributed by atoms with Crippen molar-refractivity contribution >= 4 is 18.2 Å². The SMILES string of the molecule is CC1(CN)CCC(=O)C(C)(C)C1.Cl. The van der Waals surface area contributed by atoms with Gasteiger partial charge in [-0.05, 0) is 24.8 Å². The Morgan fingerprint density at radius 3 is 2.31 bits per heavy atom. The van der Waals surface area contributed by atoms with Crippen LogP contribution in [-0.4, -0.2) is 12.3 Å². The van der Waals surface area contributed by atoms with Gasteiger partial charge in [-0.3, -0.25) is 4.79 Å². The van der Waals surface area contributed by atoms with Crippen LogP contribution in [0.4, 0.5) is 0 Å². The fraction of sp³-hybridized carbons (Fsp3) is 0.900. The zero-order chi connectivity index (χ0) is 9.41. The molecule has 1 rings (SSSR count). The van der Waals surface area contributed by atoms with Gasteiger partial charge in [0.2, 0.25) is 0 Å². The van der Waals surface area contributed by atoms with Gasteiger partial charge in [0.25, 0.3) is 0 Å². The third kappa shape index (κ3) is 2.68. The van der Waals surface area contributed by atoms with E-state index in [2.05, 4.69) is 6.92 Å². The first-order valence-corrected chi connectivity index (χ1v) is 4.63. The molecular weight excluding hydrogens is 186 g/mol. The van der Waals surface area contributed by atoms with Gasteiger partial charge in [0.1, 0.15) is 5.78 Å². The number of rotatable bonds is 1. The van der Waals surface area contributed by atoms with Crippen molar-refractivity contribution in [3.63, 3.8) is 0 Å². The van der Waals surface area contributed by atoms with Crippen LogP contribution in [0.5, 0.6) is 0 Å². The van der Waals surface area contributed by atoms with Crippen LogP contribution in [-0.2, 0) is 4.79 Å². The Hall–Kier alpha value is -0.0800. The van der Waals surface area contributed by atoms with Crippen LogP contribution in [0.2, 0.25) is 0 Å².